The fourth-order valence-electron chi connectivity index (χ4n) is 2.25. The quantitative estimate of drug-likeness (QED) is 0.836. The van der Waals surface area contributed by atoms with Crippen LogP contribution in [0.1, 0.15) is 25.8 Å². The van der Waals surface area contributed by atoms with Crippen LogP contribution in [-0.4, -0.2) is 38.6 Å². The van der Waals surface area contributed by atoms with Crippen LogP contribution in [0.25, 0.3) is 0 Å². The second-order valence-electron chi connectivity index (χ2n) is 5.43. The molecular weight excluding hydrogens is 268 g/mol. The van der Waals surface area contributed by atoms with Crippen molar-refractivity contribution < 1.29 is 14.3 Å². The number of hydrogen-bond acceptors (Lipinski definition) is 4. The summed E-state index contributed by atoms with van der Waals surface area (Å²) in [6.07, 6.45) is 0.710. The van der Waals surface area contributed by atoms with Crippen molar-refractivity contribution in [2.75, 3.05) is 27.8 Å². The Bertz CT molecular complexity index is 484. The highest BCUT2D eigenvalue weighted by atomic mass is 16.5. The fourth-order valence-corrected chi connectivity index (χ4v) is 2.25. The van der Waals surface area contributed by atoms with Crippen molar-refractivity contribution in [1.29, 1.82) is 0 Å². The summed E-state index contributed by atoms with van der Waals surface area (Å²) < 4.78 is 10.7. The van der Waals surface area contributed by atoms with E-state index in [4.69, 9.17) is 15.2 Å². The molecule has 21 heavy (non-hydrogen) atoms. The van der Waals surface area contributed by atoms with Crippen molar-refractivity contribution in [2.45, 2.75) is 26.8 Å². The summed E-state index contributed by atoms with van der Waals surface area (Å²) in [4.78, 5) is 14.2. The maximum absolute atomic E-state index is 12.6. The smallest absolute Gasteiger partial charge is 0.229 e. The standard InChI is InChI=1S/C16H26N2O3/c1-6-16(2,11-17)15(19)18(3)10-12-8-7-9-13(20-4)14(12)21-5/h7-9H,6,10-11,17H2,1-5H3. The van der Waals surface area contributed by atoms with Gasteiger partial charge in [-0.2, -0.15) is 0 Å². The minimum absolute atomic E-state index is 0.0392. The predicted molar refractivity (Wildman–Crippen MR) is 83.5 cm³/mol. The van der Waals surface area contributed by atoms with E-state index in [0.29, 0.717) is 31.0 Å². The second kappa shape index (κ2) is 7.31. The third-order valence-electron chi connectivity index (χ3n) is 3.99. The third-order valence-corrected chi connectivity index (χ3v) is 3.99. The number of methoxy groups -OCH3 is 2. The number of carbonyl (C=O) groups is 1. The molecule has 0 spiro atoms. The molecule has 5 nitrogen and oxygen atoms in total. The van der Waals surface area contributed by atoms with Crippen molar-refractivity contribution in [1.82, 2.24) is 4.90 Å². The third kappa shape index (κ3) is 3.67. The topological polar surface area (TPSA) is 64.8 Å². The molecule has 1 unspecified atom stereocenters. The molecule has 118 valence electrons. The molecule has 0 aliphatic rings. The number of nitrogens with two attached hydrogens (primary N) is 1. The van der Waals surface area contributed by atoms with Gasteiger partial charge in [0.05, 0.1) is 19.6 Å². The number of amides is 1. The largest absolute Gasteiger partial charge is 0.493 e. The Balaban J connectivity index is 2.98. The molecule has 1 aromatic rings. The summed E-state index contributed by atoms with van der Waals surface area (Å²) in [5.41, 5.74) is 6.14. The van der Waals surface area contributed by atoms with E-state index in [1.54, 1.807) is 26.2 Å². The SMILES string of the molecule is CCC(C)(CN)C(=O)N(C)Cc1cccc(OC)c1OC. The van der Waals surface area contributed by atoms with E-state index in [2.05, 4.69) is 0 Å². The Morgan fingerprint density at radius 3 is 2.48 bits per heavy atom. The number of ether oxygens (including phenoxy) is 2. The van der Waals surface area contributed by atoms with Crippen LogP contribution in [0.4, 0.5) is 0 Å². The van der Waals surface area contributed by atoms with E-state index in [9.17, 15) is 4.79 Å². The molecule has 0 saturated carbocycles. The predicted octanol–water partition coefficient (Wildman–Crippen LogP) is 2.04. The molecule has 0 bridgehead atoms. The lowest BCUT2D eigenvalue weighted by molar-refractivity contribution is -0.140. The summed E-state index contributed by atoms with van der Waals surface area (Å²) in [5, 5.41) is 0. The van der Waals surface area contributed by atoms with Crippen LogP contribution < -0.4 is 15.2 Å². The highest BCUT2D eigenvalue weighted by Crippen LogP contribution is 2.32. The van der Waals surface area contributed by atoms with Gasteiger partial charge in [-0.1, -0.05) is 19.1 Å². The van der Waals surface area contributed by atoms with Gasteiger partial charge < -0.3 is 20.1 Å². The summed E-state index contributed by atoms with van der Waals surface area (Å²) >= 11 is 0. The van der Waals surface area contributed by atoms with Crippen molar-refractivity contribution in [2.24, 2.45) is 11.1 Å². The molecule has 0 aliphatic carbocycles. The lowest BCUT2D eigenvalue weighted by Gasteiger charge is -2.31. The van der Waals surface area contributed by atoms with E-state index in [0.717, 1.165) is 5.56 Å². The number of para-hydroxylation sites is 1. The molecule has 2 N–H and O–H groups in total. The van der Waals surface area contributed by atoms with Gasteiger partial charge in [0.25, 0.3) is 0 Å². The molecule has 0 heterocycles. The van der Waals surface area contributed by atoms with Crippen molar-refractivity contribution in [3.8, 4) is 11.5 Å². The summed E-state index contributed by atoms with van der Waals surface area (Å²) in [6, 6.07) is 5.65. The highest BCUT2D eigenvalue weighted by Gasteiger charge is 2.32. The number of rotatable bonds is 7. The van der Waals surface area contributed by atoms with Gasteiger partial charge in [-0.3, -0.25) is 4.79 Å². The van der Waals surface area contributed by atoms with E-state index >= 15 is 0 Å². The number of carbonyl (C=O) groups excluding carboxylic acids is 1. The zero-order chi connectivity index (χ0) is 16.0. The number of benzene rings is 1. The average molecular weight is 294 g/mol. The average Bonchev–Trinajstić information content (AvgIpc) is 2.52. The first-order valence-electron chi connectivity index (χ1n) is 7.09. The molecule has 0 aromatic heterocycles. The Labute approximate surface area is 127 Å². The maximum Gasteiger partial charge on any atom is 0.229 e. The molecule has 0 fully saturated rings. The monoisotopic (exact) mass is 294 g/mol. The van der Waals surface area contributed by atoms with E-state index in [1.807, 2.05) is 32.0 Å². The molecule has 0 radical (unpaired) electrons. The van der Waals surface area contributed by atoms with Gasteiger partial charge in [-0.05, 0) is 19.4 Å². The van der Waals surface area contributed by atoms with Gasteiger partial charge >= 0.3 is 0 Å². The van der Waals surface area contributed by atoms with Crippen molar-refractivity contribution in [3.63, 3.8) is 0 Å². The molecule has 1 atom stereocenters. The van der Waals surface area contributed by atoms with E-state index in [-0.39, 0.29) is 5.91 Å². The van der Waals surface area contributed by atoms with E-state index in [1.165, 1.54) is 0 Å². The Kier molecular flexibility index (Phi) is 6.03. The zero-order valence-corrected chi connectivity index (χ0v) is 13.6. The molecule has 0 aliphatic heterocycles. The minimum atomic E-state index is -0.527. The van der Waals surface area contributed by atoms with Crippen LogP contribution in [-0.2, 0) is 11.3 Å². The summed E-state index contributed by atoms with van der Waals surface area (Å²) in [5.74, 6) is 1.36. The Morgan fingerprint density at radius 2 is 2.00 bits per heavy atom. The number of hydrogen-bond donors (Lipinski definition) is 1. The molecule has 0 saturated heterocycles. The first-order chi connectivity index (χ1) is 9.93. The molecule has 1 amide bonds. The van der Waals surface area contributed by atoms with Gasteiger partial charge in [0.15, 0.2) is 11.5 Å². The van der Waals surface area contributed by atoms with Gasteiger partial charge in [0.1, 0.15) is 0 Å². The second-order valence-corrected chi connectivity index (χ2v) is 5.43. The van der Waals surface area contributed by atoms with Crippen molar-refractivity contribution >= 4 is 5.91 Å². The van der Waals surface area contributed by atoms with Gasteiger partial charge in [0.2, 0.25) is 5.91 Å². The van der Waals surface area contributed by atoms with Crippen LogP contribution in [0.5, 0.6) is 11.5 Å². The van der Waals surface area contributed by atoms with Crippen molar-refractivity contribution in [3.05, 3.63) is 23.8 Å². The summed E-state index contributed by atoms with van der Waals surface area (Å²) in [6.45, 7) is 4.66. The zero-order valence-electron chi connectivity index (χ0n) is 13.6. The maximum atomic E-state index is 12.6. The molecular formula is C16H26N2O3. The molecule has 1 aromatic carbocycles. The molecule has 1 rings (SSSR count). The number of nitrogens with zero attached hydrogens (tertiary/aromatic N) is 1. The Morgan fingerprint density at radius 1 is 1.33 bits per heavy atom. The first-order valence-corrected chi connectivity index (χ1v) is 7.09. The van der Waals surface area contributed by atoms with Crippen LogP contribution in [0.2, 0.25) is 0 Å². The minimum Gasteiger partial charge on any atom is -0.493 e. The molecule has 5 heteroatoms. The van der Waals surface area contributed by atoms with E-state index < -0.39 is 5.41 Å². The van der Waals surface area contributed by atoms with Gasteiger partial charge in [-0.15, -0.1) is 0 Å². The van der Waals surface area contributed by atoms with Crippen LogP contribution in [0.3, 0.4) is 0 Å². The lowest BCUT2D eigenvalue weighted by atomic mass is 9.86. The fraction of sp³-hybridized carbons (Fsp3) is 0.562. The van der Waals surface area contributed by atoms with Crippen LogP contribution in [0, 0.1) is 5.41 Å². The van der Waals surface area contributed by atoms with Gasteiger partial charge in [-0.25, -0.2) is 0 Å². The van der Waals surface area contributed by atoms with Crippen LogP contribution >= 0.6 is 0 Å². The highest BCUT2D eigenvalue weighted by molar-refractivity contribution is 5.82. The normalized spacial score (nSPS) is 13.4. The first kappa shape index (κ1) is 17.3. The summed E-state index contributed by atoms with van der Waals surface area (Å²) in [7, 11) is 4.98. The lowest BCUT2D eigenvalue weighted by Crippen LogP contribution is -2.44. The van der Waals surface area contributed by atoms with Crippen LogP contribution in [0.15, 0.2) is 18.2 Å². The van der Waals surface area contributed by atoms with Gasteiger partial charge in [0, 0.05) is 25.7 Å². The Hall–Kier alpha value is -1.75.